The van der Waals surface area contributed by atoms with Crippen LogP contribution < -0.4 is 10.5 Å². The molecule has 0 radical (unpaired) electrons. The Morgan fingerprint density at radius 3 is 2.46 bits per heavy atom. The van der Waals surface area contributed by atoms with Crippen molar-refractivity contribution in [3.63, 3.8) is 0 Å². The van der Waals surface area contributed by atoms with Crippen LogP contribution in [0.2, 0.25) is 0 Å². The van der Waals surface area contributed by atoms with Gasteiger partial charge in [-0.2, -0.15) is 0 Å². The smallest absolute Gasteiger partial charge is 0.336 e. The van der Waals surface area contributed by atoms with E-state index in [1.54, 1.807) is 12.3 Å². The minimum atomic E-state index is -0.298. The number of hydrogen-bond donors (Lipinski definition) is 1. The van der Waals surface area contributed by atoms with Crippen molar-refractivity contribution in [3.05, 3.63) is 106 Å². The average molecular weight is 374 g/mol. The fourth-order valence-electron chi connectivity index (χ4n) is 3.64. The second-order valence-electron chi connectivity index (χ2n) is 7.12. The standard InChI is InChI=1S/C24H23NO3/c1-2-18-10-11-22-20(14-24(26)28-23(22)13-18)16-25(17-21-9-6-12-27-21)15-19-7-4-3-5-8-19/h3-14H,2,15-17H2,1H3/p+1. The second-order valence-corrected chi connectivity index (χ2v) is 7.12. The molecule has 28 heavy (non-hydrogen) atoms. The van der Waals surface area contributed by atoms with Gasteiger partial charge in [0.2, 0.25) is 0 Å². The summed E-state index contributed by atoms with van der Waals surface area (Å²) in [5, 5.41) is 1.00. The molecule has 4 nitrogen and oxygen atoms in total. The Kier molecular flexibility index (Phi) is 5.40. The topological polar surface area (TPSA) is 47.8 Å². The largest absolute Gasteiger partial charge is 0.463 e. The van der Waals surface area contributed by atoms with Crippen LogP contribution in [0.3, 0.4) is 0 Å². The number of fused-ring (bicyclic) bond motifs is 1. The van der Waals surface area contributed by atoms with E-state index >= 15 is 0 Å². The number of nitrogens with one attached hydrogen (secondary N) is 1. The molecule has 0 bridgehead atoms. The molecule has 2 aromatic heterocycles. The van der Waals surface area contributed by atoms with Gasteiger partial charge in [0.25, 0.3) is 0 Å². The van der Waals surface area contributed by atoms with Crippen molar-refractivity contribution in [2.24, 2.45) is 0 Å². The molecule has 2 heterocycles. The number of rotatable bonds is 7. The van der Waals surface area contributed by atoms with Gasteiger partial charge in [0.15, 0.2) is 5.76 Å². The third-order valence-electron chi connectivity index (χ3n) is 5.04. The van der Waals surface area contributed by atoms with E-state index in [9.17, 15) is 4.79 Å². The average Bonchev–Trinajstić information content (AvgIpc) is 3.21. The molecule has 0 amide bonds. The molecule has 0 fully saturated rings. The minimum absolute atomic E-state index is 0.298. The molecule has 1 N–H and O–H groups in total. The molecule has 142 valence electrons. The van der Waals surface area contributed by atoms with Crippen LogP contribution in [0.4, 0.5) is 0 Å². The minimum Gasteiger partial charge on any atom is -0.463 e. The Hall–Kier alpha value is -3.11. The third kappa shape index (κ3) is 4.24. The van der Waals surface area contributed by atoms with Gasteiger partial charge >= 0.3 is 5.63 Å². The first-order valence-electron chi connectivity index (χ1n) is 9.67. The lowest BCUT2D eigenvalue weighted by atomic mass is 10.1. The monoisotopic (exact) mass is 374 g/mol. The normalized spacial score (nSPS) is 12.3. The van der Waals surface area contributed by atoms with Crippen LogP contribution in [0.25, 0.3) is 11.0 Å². The summed E-state index contributed by atoms with van der Waals surface area (Å²) in [6, 6.07) is 22.1. The van der Waals surface area contributed by atoms with Crippen molar-refractivity contribution in [1.29, 1.82) is 0 Å². The highest BCUT2D eigenvalue weighted by Crippen LogP contribution is 2.19. The van der Waals surface area contributed by atoms with Gasteiger partial charge in [0, 0.05) is 22.6 Å². The van der Waals surface area contributed by atoms with E-state index in [-0.39, 0.29) is 5.63 Å². The first-order valence-corrected chi connectivity index (χ1v) is 9.67. The maximum absolute atomic E-state index is 12.2. The van der Waals surface area contributed by atoms with E-state index < -0.39 is 0 Å². The lowest BCUT2D eigenvalue weighted by molar-refractivity contribution is -0.942. The summed E-state index contributed by atoms with van der Waals surface area (Å²) in [5.41, 5.74) is 3.79. The highest BCUT2D eigenvalue weighted by atomic mass is 16.4. The van der Waals surface area contributed by atoms with Crippen molar-refractivity contribution in [3.8, 4) is 0 Å². The van der Waals surface area contributed by atoms with Crippen LogP contribution >= 0.6 is 0 Å². The van der Waals surface area contributed by atoms with Crippen LogP contribution in [-0.4, -0.2) is 0 Å². The third-order valence-corrected chi connectivity index (χ3v) is 5.04. The Morgan fingerprint density at radius 2 is 1.71 bits per heavy atom. The van der Waals surface area contributed by atoms with Crippen molar-refractivity contribution in [2.75, 3.05) is 0 Å². The van der Waals surface area contributed by atoms with Crippen LogP contribution in [0.1, 0.15) is 29.4 Å². The van der Waals surface area contributed by atoms with E-state index in [0.29, 0.717) is 12.1 Å². The number of hydrogen-bond acceptors (Lipinski definition) is 3. The lowest BCUT2D eigenvalue weighted by Gasteiger charge is -2.19. The molecule has 4 aromatic rings. The maximum Gasteiger partial charge on any atom is 0.336 e. The molecule has 0 spiro atoms. The fraction of sp³-hybridized carbons (Fsp3) is 0.208. The van der Waals surface area contributed by atoms with Gasteiger partial charge in [-0.15, -0.1) is 0 Å². The molecule has 4 rings (SSSR count). The number of benzene rings is 2. The van der Waals surface area contributed by atoms with Crippen LogP contribution in [0.5, 0.6) is 0 Å². The summed E-state index contributed by atoms with van der Waals surface area (Å²) in [6.45, 7) is 4.40. The summed E-state index contributed by atoms with van der Waals surface area (Å²) in [7, 11) is 0. The highest BCUT2D eigenvalue weighted by Gasteiger charge is 2.16. The zero-order valence-corrected chi connectivity index (χ0v) is 16.0. The van der Waals surface area contributed by atoms with Crippen molar-refractivity contribution < 1.29 is 13.7 Å². The van der Waals surface area contributed by atoms with Gasteiger partial charge in [0.05, 0.1) is 6.26 Å². The Balaban J connectivity index is 1.68. The molecule has 0 aliphatic rings. The summed E-state index contributed by atoms with van der Waals surface area (Å²) in [6.07, 6.45) is 2.61. The van der Waals surface area contributed by atoms with Gasteiger partial charge < -0.3 is 13.7 Å². The predicted octanol–water partition coefficient (Wildman–Crippen LogP) is 3.73. The lowest BCUT2D eigenvalue weighted by Crippen LogP contribution is -3.08. The Labute approximate surface area is 164 Å². The molecule has 0 aliphatic carbocycles. The first kappa shape index (κ1) is 18.3. The molecular formula is C24H24NO3+. The zero-order chi connectivity index (χ0) is 19.3. The SMILES string of the molecule is CCc1ccc2c(C[NH+](Cc3ccccc3)Cc3ccco3)cc(=O)oc2c1. The number of furan rings is 1. The van der Waals surface area contributed by atoms with E-state index in [0.717, 1.165) is 41.8 Å². The summed E-state index contributed by atoms with van der Waals surface area (Å²) in [4.78, 5) is 13.5. The first-order chi connectivity index (χ1) is 13.7. The molecule has 1 atom stereocenters. The quantitative estimate of drug-likeness (QED) is 0.502. The van der Waals surface area contributed by atoms with Gasteiger partial charge in [-0.25, -0.2) is 4.79 Å². The van der Waals surface area contributed by atoms with Crippen LogP contribution in [0.15, 0.2) is 86.6 Å². The van der Waals surface area contributed by atoms with Crippen LogP contribution in [-0.2, 0) is 26.1 Å². The van der Waals surface area contributed by atoms with Gasteiger partial charge in [-0.05, 0) is 30.2 Å². The Morgan fingerprint density at radius 1 is 0.857 bits per heavy atom. The maximum atomic E-state index is 12.2. The van der Waals surface area contributed by atoms with E-state index in [1.165, 1.54) is 10.5 Å². The Bertz CT molecular complexity index is 1100. The predicted molar refractivity (Wildman–Crippen MR) is 109 cm³/mol. The number of aryl methyl sites for hydroxylation is 1. The van der Waals surface area contributed by atoms with E-state index in [1.807, 2.05) is 24.3 Å². The van der Waals surface area contributed by atoms with Crippen molar-refractivity contribution in [2.45, 2.75) is 33.0 Å². The van der Waals surface area contributed by atoms with Gasteiger partial charge in [-0.3, -0.25) is 0 Å². The molecule has 0 saturated carbocycles. The van der Waals surface area contributed by atoms with Crippen molar-refractivity contribution in [1.82, 2.24) is 0 Å². The van der Waals surface area contributed by atoms with E-state index in [4.69, 9.17) is 8.83 Å². The number of quaternary nitrogens is 1. The molecule has 0 aliphatic heterocycles. The summed E-state index contributed by atoms with van der Waals surface area (Å²) < 4.78 is 11.0. The molecular weight excluding hydrogens is 350 g/mol. The van der Waals surface area contributed by atoms with Crippen molar-refractivity contribution >= 4 is 11.0 Å². The summed E-state index contributed by atoms with van der Waals surface area (Å²) in [5.74, 6) is 0.937. The zero-order valence-electron chi connectivity index (χ0n) is 16.0. The van der Waals surface area contributed by atoms with Gasteiger partial charge in [-0.1, -0.05) is 49.4 Å². The summed E-state index contributed by atoms with van der Waals surface area (Å²) >= 11 is 0. The fourth-order valence-corrected chi connectivity index (χ4v) is 3.64. The molecule has 4 heteroatoms. The highest BCUT2D eigenvalue weighted by molar-refractivity contribution is 5.80. The molecule has 1 unspecified atom stereocenters. The molecule has 2 aromatic carbocycles. The second kappa shape index (κ2) is 8.28. The van der Waals surface area contributed by atoms with Gasteiger partial charge in [0.1, 0.15) is 25.2 Å². The van der Waals surface area contributed by atoms with Crippen LogP contribution in [0, 0.1) is 0 Å². The molecule has 0 saturated heterocycles. The van der Waals surface area contributed by atoms with E-state index in [2.05, 4.69) is 43.3 Å².